The van der Waals surface area contributed by atoms with Crippen LogP contribution in [0.15, 0.2) is 41.3 Å². The molecule has 30 heavy (non-hydrogen) atoms. The van der Waals surface area contributed by atoms with Crippen LogP contribution < -0.4 is 14.2 Å². The van der Waals surface area contributed by atoms with E-state index in [2.05, 4.69) is 0 Å². The molecule has 0 saturated heterocycles. The third-order valence-corrected chi connectivity index (χ3v) is 6.81. The number of hydrogen-bond donors (Lipinski definition) is 0. The van der Waals surface area contributed by atoms with Gasteiger partial charge in [0, 0.05) is 23.0 Å². The van der Waals surface area contributed by atoms with Crippen molar-refractivity contribution in [2.24, 2.45) is 0 Å². The topological polar surface area (TPSA) is 70.0 Å². The molecule has 0 fully saturated rings. The van der Waals surface area contributed by atoms with Gasteiger partial charge in [-0.2, -0.15) is 0 Å². The molecule has 2 aromatic carbocycles. The Morgan fingerprint density at radius 3 is 2.43 bits per heavy atom. The summed E-state index contributed by atoms with van der Waals surface area (Å²) in [6, 6.07) is 9.69. The van der Waals surface area contributed by atoms with Crippen molar-refractivity contribution in [3.8, 4) is 17.2 Å². The maximum Gasteiger partial charge on any atom is 0.272 e. The summed E-state index contributed by atoms with van der Waals surface area (Å²) in [4.78, 5) is 2.01. The third-order valence-electron chi connectivity index (χ3n) is 4.73. The first-order chi connectivity index (χ1) is 14.2. The van der Waals surface area contributed by atoms with Crippen molar-refractivity contribution in [3.63, 3.8) is 0 Å². The summed E-state index contributed by atoms with van der Waals surface area (Å²) in [6.07, 6.45) is 0. The molecule has 1 heterocycles. The number of rotatable bonds is 8. The minimum Gasteiger partial charge on any atom is -0.497 e. The zero-order valence-corrected chi connectivity index (χ0v) is 19.2. The Hall–Kier alpha value is -2.42. The number of halogens is 1. The van der Waals surface area contributed by atoms with Gasteiger partial charge in [-0.1, -0.05) is 11.6 Å². The number of fused-ring (bicyclic) bond motifs is 1. The van der Waals surface area contributed by atoms with Crippen molar-refractivity contribution in [1.82, 2.24) is 8.87 Å². The number of hydrogen-bond acceptors (Lipinski definition) is 6. The van der Waals surface area contributed by atoms with Gasteiger partial charge in [0.25, 0.3) is 10.0 Å². The van der Waals surface area contributed by atoms with Gasteiger partial charge in [0.1, 0.15) is 28.8 Å². The first kappa shape index (κ1) is 22.3. The zero-order valence-electron chi connectivity index (χ0n) is 17.6. The molecule has 162 valence electrons. The largest absolute Gasteiger partial charge is 0.497 e. The fourth-order valence-corrected chi connectivity index (χ4v) is 5.09. The summed E-state index contributed by atoms with van der Waals surface area (Å²) in [7, 11) is 2.80. The Balaban J connectivity index is 2.22. The third kappa shape index (κ3) is 4.08. The normalized spacial score (nSPS) is 11.8. The molecule has 0 N–H and O–H groups in total. The lowest BCUT2D eigenvalue weighted by Gasteiger charge is -2.14. The van der Waals surface area contributed by atoms with Crippen LogP contribution in [0.25, 0.3) is 10.9 Å². The van der Waals surface area contributed by atoms with Crippen LogP contribution >= 0.6 is 11.6 Å². The molecule has 0 aliphatic carbocycles. The Labute approximate surface area is 181 Å². The maximum absolute atomic E-state index is 13.7. The molecule has 1 aromatic heterocycles. The number of nitrogens with zero attached hydrogens (tertiary/aromatic N) is 2. The van der Waals surface area contributed by atoms with Crippen LogP contribution in [0.1, 0.15) is 5.69 Å². The molecule has 0 saturated carbocycles. The molecule has 0 atom stereocenters. The molecule has 0 radical (unpaired) electrons. The van der Waals surface area contributed by atoms with Gasteiger partial charge in [0.2, 0.25) is 0 Å². The second-order valence-corrected chi connectivity index (χ2v) is 9.21. The predicted octanol–water partition coefficient (Wildman–Crippen LogP) is 3.80. The van der Waals surface area contributed by atoms with E-state index in [1.165, 1.54) is 30.3 Å². The lowest BCUT2D eigenvalue weighted by atomic mass is 10.2. The molecule has 0 aliphatic heterocycles. The minimum absolute atomic E-state index is 0.0191. The van der Waals surface area contributed by atoms with Crippen molar-refractivity contribution < 1.29 is 22.6 Å². The van der Waals surface area contributed by atoms with E-state index in [4.69, 9.17) is 25.8 Å². The van der Waals surface area contributed by atoms with Crippen LogP contribution in [-0.2, 0) is 10.0 Å². The molecule has 9 heteroatoms. The smallest absolute Gasteiger partial charge is 0.272 e. The number of likely N-dealkylation sites (N-methyl/N-ethyl adjacent to an activating group) is 1. The highest BCUT2D eigenvalue weighted by molar-refractivity contribution is 7.90. The number of methoxy groups -OCH3 is 2. The van der Waals surface area contributed by atoms with Gasteiger partial charge in [-0.3, -0.25) is 0 Å². The average molecular weight is 453 g/mol. The summed E-state index contributed by atoms with van der Waals surface area (Å²) < 4.78 is 45.1. The highest BCUT2D eigenvalue weighted by Crippen LogP contribution is 2.39. The Morgan fingerprint density at radius 1 is 1.07 bits per heavy atom. The Kier molecular flexibility index (Phi) is 6.50. The molecule has 0 unspecified atom stereocenters. The number of ether oxygens (including phenoxy) is 3. The maximum atomic E-state index is 13.7. The van der Waals surface area contributed by atoms with E-state index in [0.717, 1.165) is 0 Å². The van der Waals surface area contributed by atoms with Gasteiger partial charge in [-0.15, -0.1) is 0 Å². The fraction of sp³-hybridized carbons (Fsp3) is 0.333. The van der Waals surface area contributed by atoms with E-state index < -0.39 is 10.0 Å². The van der Waals surface area contributed by atoms with Gasteiger partial charge < -0.3 is 19.1 Å². The van der Waals surface area contributed by atoms with Crippen LogP contribution in [0.5, 0.6) is 17.2 Å². The quantitative estimate of drug-likeness (QED) is 0.517. The summed E-state index contributed by atoms with van der Waals surface area (Å²) in [5.41, 5.74) is 0.904. The van der Waals surface area contributed by atoms with E-state index in [1.807, 2.05) is 19.0 Å². The molecule has 3 rings (SSSR count). The predicted molar refractivity (Wildman–Crippen MR) is 118 cm³/mol. The van der Waals surface area contributed by atoms with Crippen LogP contribution in [0.2, 0.25) is 5.02 Å². The van der Waals surface area contributed by atoms with E-state index in [1.54, 1.807) is 31.2 Å². The standard InChI is InChI=1S/C21H25ClN2O5S/c1-14-21(29-11-10-23(2)3)17-8-6-15(22)12-18(17)24(14)30(25,26)20-9-7-16(27-4)13-19(20)28-5/h6-9,12-13H,10-11H2,1-5H3. The van der Waals surface area contributed by atoms with Gasteiger partial charge in [-0.25, -0.2) is 12.4 Å². The zero-order chi connectivity index (χ0) is 22.1. The van der Waals surface area contributed by atoms with Crippen LogP contribution in [0.3, 0.4) is 0 Å². The van der Waals surface area contributed by atoms with E-state index in [0.29, 0.717) is 46.3 Å². The van der Waals surface area contributed by atoms with E-state index in [-0.39, 0.29) is 10.6 Å². The molecule has 3 aromatic rings. The van der Waals surface area contributed by atoms with Crippen molar-refractivity contribution in [3.05, 3.63) is 47.1 Å². The monoisotopic (exact) mass is 452 g/mol. The fourth-order valence-electron chi connectivity index (χ4n) is 3.24. The van der Waals surface area contributed by atoms with Gasteiger partial charge in [-0.05, 0) is 51.4 Å². The van der Waals surface area contributed by atoms with Crippen molar-refractivity contribution >= 4 is 32.5 Å². The summed E-state index contributed by atoms with van der Waals surface area (Å²) >= 11 is 6.20. The van der Waals surface area contributed by atoms with Crippen LogP contribution in [-0.4, -0.2) is 58.8 Å². The minimum atomic E-state index is -4.01. The molecule has 7 nitrogen and oxygen atoms in total. The van der Waals surface area contributed by atoms with Gasteiger partial charge in [0.15, 0.2) is 0 Å². The number of benzene rings is 2. The lowest BCUT2D eigenvalue weighted by Crippen LogP contribution is -2.20. The van der Waals surface area contributed by atoms with Crippen molar-refractivity contribution in [1.29, 1.82) is 0 Å². The highest BCUT2D eigenvalue weighted by atomic mass is 35.5. The van der Waals surface area contributed by atoms with Crippen LogP contribution in [0, 0.1) is 6.92 Å². The van der Waals surface area contributed by atoms with Crippen molar-refractivity contribution in [2.75, 3.05) is 41.5 Å². The first-order valence-electron chi connectivity index (χ1n) is 9.26. The molecule has 0 aliphatic rings. The molecular formula is C21H25ClN2O5S. The summed E-state index contributed by atoms with van der Waals surface area (Å²) in [5, 5.41) is 1.10. The summed E-state index contributed by atoms with van der Waals surface area (Å²) in [6.45, 7) is 2.83. The van der Waals surface area contributed by atoms with E-state index in [9.17, 15) is 8.42 Å². The second kappa shape index (κ2) is 8.75. The van der Waals surface area contributed by atoms with Gasteiger partial charge in [0.05, 0.1) is 25.4 Å². The average Bonchev–Trinajstić information content (AvgIpc) is 2.98. The first-order valence-corrected chi connectivity index (χ1v) is 11.1. The summed E-state index contributed by atoms with van der Waals surface area (Å²) in [5.74, 6) is 1.20. The molecular weight excluding hydrogens is 428 g/mol. The lowest BCUT2D eigenvalue weighted by molar-refractivity contribution is 0.262. The molecule has 0 bridgehead atoms. The van der Waals surface area contributed by atoms with Crippen LogP contribution in [0.4, 0.5) is 0 Å². The number of aromatic nitrogens is 1. The Morgan fingerprint density at radius 2 is 1.80 bits per heavy atom. The second-order valence-electron chi connectivity index (χ2n) is 7.01. The van der Waals surface area contributed by atoms with E-state index >= 15 is 0 Å². The SMILES string of the molecule is COc1ccc(S(=O)(=O)n2c(C)c(OCCN(C)C)c3ccc(Cl)cc32)c(OC)c1. The Bertz CT molecular complexity index is 1170. The van der Waals surface area contributed by atoms with Gasteiger partial charge >= 0.3 is 0 Å². The molecule has 0 amide bonds. The highest BCUT2D eigenvalue weighted by Gasteiger charge is 2.29. The van der Waals surface area contributed by atoms with Crippen molar-refractivity contribution in [2.45, 2.75) is 11.8 Å². The molecule has 0 spiro atoms.